The average Bonchev–Trinajstić information content (AvgIpc) is 2.87. The van der Waals surface area contributed by atoms with E-state index in [0.29, 0.717) is 0 Å². The van der Waals surface area contributed by atoms with Crippen LogP contribution in [0.3, 0.4) is 0 Å². The van der Waals surface area contributed by atoms with Crippen LogP contribution in [0.5, 0.6) is 0 Å². The molecule has 2 aromatic rings. The molecule has 1 atom stereocenters. The van der Waals surface area contributed by atoms with Crippen LogP contribution in [0.25, 0.3) is 0 Å². The molecule has 2 saturated carbocycles. The van der Waals surface area contributed by atoms with Crippen molar-refractivity contribution in [3.8, 4) is 0 Å². The van der Waals surface area contributed by atoms with Crippen molar-refractivity contribution in [1.29, 1.82) is 0 Å². The van der Waals surface area contributed by atoms with Crippen LogP contribution in [-0.4, -0.2) is 6.04 Å². The lowest BCUT2D eigenvalue weighted by Gasteiger charge is -2.31. The summed E-state index contributed by atoms with van der Waals surface area (Å²) in [5, 5.41) is 0. The van der Waals surface area contributed by atoms with Crippen molar-refractivity contribution in [3.05, 3.63) is 84.0 Å². The zero-order valence-corrected chi connectivity index (χ0v) is 20.2. The van der Waals surface area contributed by atoms with Crippen LogP contribution in [0, 0.1) is 5.92 Å². The molecule has 2 aliphatic carbocycles. The fraction of sp³-hybridized carbons (Fsp3) is 0.484. The van der Waals surface area contributed by atoms with Gasteiger partial charge in [0.2, 0.25) is 0 Å². The van der Waals surface area contributed by atoms with Gasteiger partial charge in [-0.3, -0.25) is 0 Å². The number of allylic oxidation sites excluding steroid dienone is 3. The minimum atomic E-state index is 0.288. The summed E-state index contributed by atoms with van der Waals surface area (Å²) >= 11 is 0. The molecule has 2 fully saturated rings. The highest BCUT2D eigenvalue weighted by Crippen LogP contribution is 2.35. The molecule has 1 heteroatoms. The zero-order valence-electron chi connectivity index (χ0n) is 20.2. The van der Waals surface area contributed by atoms with Crippen LogP contribution in [0.4, 0.5) is 11.4 Å². The predicted molar refractivity (Wildman–Crippen MR) is 140 cm³/mol. The van der Waals surface area contributed by atoms with Crippen LogP contribution in [0.1, 0.15) is 89.5 Å². The maximum atomic E-state index is 2.48. The van der Waals surface area contributed by atoms with Crippen LogP contribution >= 0.6 is 0 Å². The number of anilines is 2. The predicted octanol–water partition coefficient (Wildman–Crippen LogP) is 9.34. The molecule has 4 rings (SSSR count). The lowest BCUT2D eigenvalue weighted by molar-refractivity contribution is 0.408. The van der Waals surface area contributed by atoms with Gasteiger partial charge in [-0.1, -0.05) is 87.1 Å². The summed E-state index contributed by atoms with van der Waals surface area (Å²) in [5.41, 5.74) is 5.60. The highest BCUT2D eigenvalue weighted by molar-refractivity contribution is 5.65. The standard InChI is InChI=1S/C31H41N/c1-3-26(27-13-7-4-8-14-27)20-19-25(2)32(30-17-11-6-12-18-30)31-23-21-29(22-24-31)28-15-9-5-10-16-28/h3,6,11-12,17-25,27-28H,4-5,7-10,13-16H2,1-2H3/b20-19-,26-3+. The van der Waals surface area contributed by atoms with Crippen molar-refractivity contribution < 1.29 is 0 Å². The molecule has 0 N–H and O–H groups in total. The Bertz CT molecular complexity index is 864. The molecule has 0 radical (unpaired) electrons. The number of benzene rings is 2. The SMILES string of the molecule is C/C=C(\C=C/C(C)N(c1ccccc1)c1ccc(C2CCCCC2)cc1)C1CCCCC1. The first-order valence-corrected chi connectivity index (χ1v) is 13.0. The summed E-state index contributed by atoms with van der Waals surface area (Å²) in [7, 11) is 0. The van der Waals surface area contributed by atoms with E-state index in [1.54, 1.807) is 0 Å². The summed E-state index contributed by atoms with van der Waals surface area (Å²) in [6.07, 6.45) is 20.9. The van der Waals surface area contributed by atoms with Gasteiger partial charge in [0.1, 0.15) is 0 Å². The van der Waals surface area contributed by atoms with E-state index in [0.717, 1.165) is 11.8 Å². The molecule has 0 heterocycles. The monoisotopic (exact) mass is 427 g/mol. The van der Waals surface area contributed by atoms with Gasteiger partial charge in [0.15, 0.2) is 0 Å². The van der Waals surface area contributed by atoms with Gasteiger partial charge >= 0.3 is 0 Å². The highest BCUT2D eigenvalue weighted by atomic mass is 15.2. The first kappa shape index (κ1) is 22.9. The molecule has 0 amide bonds. The van der Waals surface area contributed by atoms with Gasteiger partial charge in [-0.05, 0) is 86.8 Å². The van der Waals surface area contributed by atoms with E-state index in [-0.39, 0.29) is 6.04 Å². The third-order valence-corrected chi connectivity index (χ3v) is 7.67. The maximum Gasteiger partial charge on any atom is 0.0497 e. The van der Waals surface area contributed by atoms with Gasteiger partial charge < -0.3 is 4.90 Å². The third-order valence-electron chi connectivity index (χ3n) is 7.67. The van der Waals surface area contributed by atoms with Gasteiger partial charge in [0.05, 0.1) is 0 Å². The third kappa shape index (κ3) is 5.74. The van der Waals surface area contributed by atoms with Crippen molar-refractivity contribution in [2.45, 2.75) is 90.0 Å². The van der Waals surface area contributed by atoms with Crippen LogP contribution in [0.15, 0.2) is 78.4 Å². The molecule has 0 saturated heterocycles. The lowest BCUT2D eigenvalue weighted by atomic mass is 9.83. The molecule has 0 spiro atoms. The Balaban J connectivity index is 1.55. The maximum absolute atomic E-state index is 2.48. The zero-order chi connectivity index (χ0) is 22.2. The van der Waals surface area contributed by atoms with Gasteiger partial charge in [-0.15, -0.1) is 0 Å². The van der Waals surface area contributed by atoms with E-state index < -0.39 is 0 Å². The summed E-state index contributed by atoms with van der Waals surface area (Å²) in [6.45, 7) is 4.53. The second-order valence-electron chi connectivity index (χ2n) is 9.86. The van der Waals surface area contributed by atoms with Gasteiger partial charge in [0, 0.05) is 17.4 Å². The molecule has 2 aliphatic rings. The molecular weight excluding hydrogens is 386 g/mol. The summed E-state index contributed by atoms with van der Waals surface area (Å²) < 4.78 is 0. The van der Waals surface area contributed by atoms with Crippen LogP contribution in [-0.2, 0) is 0 Å². The average molecular weight is 428 g/mol. The molecule has 0 bridgehead atoms. The number of para-hydroxylation sites is 1. The second kappa shape index (κ2) is 11.5. The van der Waals surface area contributed by atoms with Crippen molar-refractivity contribution in [3.63, 3.8) is 0 Å². The molecule has 1 nitrogen and oxygen atoms in total. The van der Waals surface area contributed by atoms with Crippen molar-refractivity contribution in [1.82, 2.24) is 0 Å². The molecular formula is C31H41N. The first-order chi connectivity index (χ1) is 15.8. The number of rotatable bonds is 7. The van der Waals surface area contributed by atoms with Crippen LogP contribution in [0.2, 0.25) is 0 Å². The second-order valence-corrected chi connectivity index (χ2v) is 9.86. The van der Waals surface area contributed by atoms with Gasteiger partial charge in [0.25, 0.3) is 0 Å². The highest BCUT2D eigenvalue weighted by Gasteiger charge is 2.19. The van der Waals surface area contributed by atoms with Crippen molar-refractivity contribution >= 4 is 11.4 Å². The number of hydrogen-bond donors (Lipinski definition) is 0. The topological polar surface area (TPSA) is 3.24 Å². The Morgan fingerprint density at radius 3 is 2.00 bits per heavy atom. The lowest BCUT2D eigenvalue weighted by Crippen LogP contribution is -2.26. The van der Waals surface area contributed by atoms with E-state index >= 15 is 0 Å². The van der Waals surface area contributed by atoms with Gasteiger partial charge in [-0.25, -0.2) is 0 Å². The Morgan fingerprint density at radius 2 is 1.38 bits per heavy atom. The van der Waals surface area contributed by atoms with Crippen LogP contribution < -0.4 is 4.90 Å². The molecule has 32 heavy (non-hydrogen) atoms. The summed E-state index contributed by atoms with van der Waals surface area (Å²) in [4.78, 5) is 2.48. The quantitative estimate of drug-likeness (QED) is 0.398. The van der Waals surface area contributed by atoms with Gasteiger partial charge in [-0.2, -0.15) is 0 Å². The summed E-state index contributed by atoms with van der Waals surface area (Å²) in [6, 6.07) is 20.6. The Labute approximate surface area is 196 Å². The molecule has 0 aliphatic heterocycles. The van der Waals surface area contributed by atoms with Crippen molar-refractivity contribution in [2.75, 3.05) is 4.90 Å². The Hall–Kier alpha value is -2.28. The minimum Gasteiger partial charge on any atom is -0.335 e. The first-order valence-electron chi connectivity index (χ1n) is 13.0. The minimum absolute atomic E-state index is 0.288. The Morgan fingerprint density at radius 1 is 0.781 bits per heavy atom. The van der Waals surface area contributed by atoms with E-state index in [1.165, 1.54) is 86.7 Å². The van der Waals surface area contributed by atoms with Crippen molar-refractivity contribution in [2.24, 2.45) is 5.92 Å². The molecule has 2 aromatic carbocycles. The molecule has 0 aromatic heterocycles. The normalized spacial score (nSPS) is 19.9. The number of hydrogen-bond acceptors (Lipinski definition) is 1. The van der Waals surface area contributed by atoms with E-state index in [9.17, 15) is 0 Å². The molecule has 1 unspecified atom stereocenters. The Kier molecular flexibility index (Phi) is 8.26. The van der Waals surface area contributed by atoms with E-state index in [4.69, 9.17) is 0 Å². The molecule has 170 valence electrons. The fourth-order valence-corrected chi connectivity index (χ4v) is 5.79. The summed E-state index contributed by atoms with van der Waals surface area (Å²) in [5.74, 6) is 1.50. The largest absolute Gasteiger partial charge is 0.335 e. The van der Waals surface area contributed by atoms with E-state index in [1.807, 2.05) is 0 Å². The smallest absolute Gasteiger partial charge is 0.0497 e. The van der Waals surface area contributed by atoms with E-state index in [2.05, 4.69) is 91.6 Å². The fourth-order valence-electron chi connectivity index (χ4n) is 5.79. The number of nitrogens with zero attached hydrogens (tertiary/aromatic N) is 1.